The van der Waals surface area contributed by atoms with Gasteiger partial charge in [0.05, 0.1) is 34.4 Å². The molecule has 44 heavy (non-hydrogen) atoms. The Hall–Kier alpha value is -4.74. The first-order chi connectivity index (χ1) is 21.2. The maximum Gasteiger partial charge on any atom is 0.335 e. The molecule has 8 nitrogen and oxygen atoms in total. The minimum Gasteiger partial charge on any atom is -0.478 e. The van der Waals surface area contributed by atoms with Crippen molar-refractivity contribution in [2.75, 3.05) is 20.2 Å². The number of halogens is 3. The topological polar surface area (TPSA) is 98.5 Å². The van der Waals surface area contributed by atoms with Gasteiger partial charge in [-0.05, 0) is 60.5 Å². The number of methoxy groups -OCH3 is 1. The molecule has 2 N–H and O–H groups in total. The van der Waals surface area contributed by atoms with Gasteiger partial charge in [-0.25, -0.2) is 27.9 Å². The van der Waals surface area contributed by atoms with Crippen molar-refractivity contribution in [3.05, 3.63) is 112 Å². The quantitative estimate of drug-likeness (QED) is 0.218. The van der Waals surface area contributed by atoms with Gasteiger partial charge in [0.15, 0.2) is 0 Å². The summed E-state index contributed by atoms with van der Waals surface area (Å²) in [6, 6.07) is 16.1. The number of carboxylic acids is 1. The number of imidazole rings is 1. The summed E-state index contributed by atoms with van der Waals surface area (Å²) in [6.07, 6.45) is -0.280. The number of pyridine rings is 1. The minimum absolute atomic E-state index is 0.0499. The van der Waals surface area contributed by atoms with E-state index in [0.29, 0.717) is 35.5 Å². The van der Waals surface area contributed by atoms with Crippen molar-refractivity contribution in [2.24, 2.45) is 0 Å². The Morgan fingerprint density at radius 2 is 1.80 bits per heavy atom. The third-order valence-corrected chi connectivity index (χ3v) is 7.84. The molecule has 0 radical (unpaired) electrons. The summed E-state index contributed by atoms with van der Waals surface area (Å²) in [6.45, 7) is 2.82. The predicted octanol–water partition coefficient (Wildman–Crippen LogP) is 5.85. The number of aromatic carboxylic acids is 1. The molecular formula is C33H29F3N4O4. The average Bonchev–Trinajstić information content (AvgIpc) is 3.61. The van der Waals surface area contributed by atoms with Crippen LogP contribution in [0.3, 0.4) is 0 Å². The Labute approximate surface area is 251 Å². The number of ether oxygens (including phenoxy) is 2. The lowest BCUT2D eigenvalue weighted by molar-refractivity contribution is 0.0697. The van der Waals surface area contributed by atoms with Gasteiger partial charge in [0.2, 0.25) is 5.88 Å². The van der Waals surface area contributed by atoms with E-state index in [1.54, 1.807) is 44.4 Å². The highest BCUT2D eigenvalue weighted by Gasteiger charge is 2.32. The highest BCUT2D eigenvalue weighted by molar-refractivity contribution is 5.92. The monoisotopic (exact) mass is 602 g/mol. The van der Waals surface area contributed by atoms with E-state index in [1.807, 2.05) is 4.57 Å². The number of hydrogen-bond donors (Lipinski definition) is 2. The zero-order valence-electron chi connectivity index (χ0n) is 24.0. The van der Waals surface area contributed by atoms with E-state index in [4.69, 9.17) is 9.47 Å². The second-order valence-electron chi connectivity index (χ2n) is 10.8. The van der Waals surface area contributed by atoms with E-state index >= 15 is 8.78 Å². The maximum atomic E-state index is 15.6. The molecular weight excluding hydrogens is 573 g/mol. The van der Waals surface area contributed by atoms with E-state index in [9.17, 15) is 14.3 Å². The lowest BCUT2D eigenvalue weighted by atomic mass is 10.0. The maximum absolute atomic E-state index is 15.6. The van der Waals surface area contributed by atoms with Crippen molar-refractivity contribution in [2.45, 2.75) is 32.1 Å². The normalized spacial score (nSPS) is 16.5. The van der Waals surface area contributed by atoms with Gasteiger partial charge in [-0.1, -0.05) is 18.2 Å². The molecule has 6 rings (SSSR count). The summed E-state index contributed by atoms with van der Waals surface area (Å²) >= 11 is 0. The molecule has 0 unspecified atom stereocenters. The van der Waals surface area contributed by atoms with Crippen LogP contribution in [0.25, 0.3) is 22.3 Å². The van der Waals surface area contributed by atoms with Crippen molar-refractivity contribution in [3.63, 3.8) is 0 Å². The third-order valence-electron chi connectivity index (χ3n) is 7.84. The Morgan fingerprint density at radius 1 is 0.977 bits per heavy atom. The fraction of sp³-hybridized carbons (Fsp3) is 0.242. The summed E-state index contributed by atoms with van der Waals surface area (Å²) < 4.78 is 58.5. The number of aromatic nitrogens is 3. The molecule has 226 valence electrons. The number of carbonyl (C=O) groups is 1. The van der Waals surface area contributed by atoms with Gasteiger partial charge in [-0.15, -0.1) is 0 Å². The van der Waals surface area contributed by atoms with Crippen LogP contribution in [0.1, 0.15) is 38.9 Å². The van der Waals surface area contributed by atoms with Crippen LogP contribution in [0.15, 0.2) is 66.7 Å². The minimum atomic E-state index is -1.08. The van der Waals surface area contributed by atoms with E-state index in [2.05, 4.69) is 15.3 Å². The Kier molecular flexibility index (Phi) is 8.07. The molecule has 3 heterocycles. The second-order valence-corrected chi connectivity index (χ2v) is 10.8. The van der Waals surface area contributed by atoms with Gasteiger partial charge < -0.3 is 24.5 Å². The Morgan fingerprint density at radius 3 is 2.57 bits per heavy atom. The molecule has 1 saturated heterocycles. The molecule has 1 aliphatic rings. The number of nitrogens with one attached hydrogen (secondary N) is 1. The van der Waals surface area contributed by atoms with Crippen LogP contribution >= 0.6 is 0 Å². The molecule has 5 aromatic rings. The van der Waals surface area contributed by atoms with Crippen LogP contribution in [-0.4, -0.2) is 51.9 Å². The number of hydrogen-bond acceptors (Lipinski definition) is 6. The molecule has 1 aliphatic heterocycles. The SMILES string of the molecule is CO[C@@H]1CNC[C@H]1n1c(Cc2cc(F)c(-c3cccc(OCc4ccc(C)cc4F)n3)cc2F)nc2ccc(C(=O)O)cc21. The van der Waals surface area contributed by atoms with E-state index in [0.717, 1.165) is 17.7 Å². The molecule has 0 amide bonds. The molecule has 2 atom stereocenters. The summed E-state index contributed by atoms with van der Waals surface area (Å²) in [5.41, 5.74) is 2.50. The highest BCUT2D eigenvalue weighted by Crippen LogP contribution is 2.31. The van der Waals surface area contributed by atoms with E-state index in [1.165, 1.54) is 24.3 Å². The van der Waals surface area contributed by atoms with Gasteiger partial charge >= 0.3 is 5.97 Å². The summed E-state index contributed by atoms with van der Waals surface area (Å²) in [5, 5.41) is 12.8. The number of benzene rings is 3. The smallest absolute Gasteiger partial charge is 0.335 e. The van der Waals surface area contributed by atoms with Crippen LogP contribution in [0, 0.1) is 24.4 Å². The predicted molar refractivity (Wildman–Crippen MR) is 157 cm³/mol. The fourth-order valence-electron chi connectivity index (χ4n) is 5.57. The van der Waals surface area contributed by atoms with Crippen LogP contribution in [0.2, 0.25) is 0 Å². The molecule has 0 bridgehead atoms. The number of aryl methyl sites for hydroxylation is 1. The number of nitrogens with zero attached hydrogens (tertiary/aromatic N) is 3. The molecule has 3 aromatic carbocycles. The molecule has 2 aromatic heterocycles. The average molecular weight is 603 g/mol. The van der Waals surface area contributed by atoms with E-state index < -0.39 is 23.4 Å². The Balaban J connectivity index is 1.30. The first-order valence-corrected chi connectivity index (χ1v) is 14.0. The van der Waals surface area contributed by atoms with Crippen molar-refractivity contribution in [1.82, 2.24) is 19.9 Å². The first-order valence-electron chi connectivity index (χ1n) is 14.0. The standard InChI is InChI=1S/C33H29F3N4O4/c1-18-6-7-20(23(34)10-18)17-44-32-5-3-4-26(39-32)22-14-24(35)21(11-25(22)36)13-31-38-27-9-8-19(33(41)42)12-28(27)40(31)29-15-37-16-30(29)43-2/h3-12,14,29-30,37H,13,15-17H2,1-2H3,(H,41,42)/t29-,30-/m1/s1. The molecule has 0 saturated carbocycles. The van der Waals surface area contributed by atoms with E-state index in [-0.39, 0.29) is 53.4 Å². The number of fused-ring (bicyclic) bond motifs is 1. The molecule has 0 spiro atoms. The van der Waals surface area contributed by atoms with Crippen LogP contribution in [-0.2, 0) is 17.8 Å². The van der Waals surface area contributed by atoms with Crippen LogP contribution < -0.4 is 10.1 Å². The molecule has 11 heteroatoms. The van der Waals surface area contributed by atoms with Gasteiger partial charge in [-0.3, -0.25) is 0 Å². The lowest BCUT2D eigenvalue weighted by Crippen LogP contribution is -2.26. The third kappa shape index (κ3) is 5.76. The largest absolute Gasteiger partial charge is 0.478 e. The van der Waals surface area contributed by atoms with Crippen LogP contribution in [0.4, 0.5) is 13.2 Å². The summed E-state index contributed by atoms with van der Waals surface area (Å²) in [4.78, 5) is 20.7. The van der Waals surface area contributed by atoms with Gasteiger partial charge in [-0.2, -0.15) is 0 Å². The number of carboxylic acid groups (broad SMARTS) is 1. The lowest BCUT2D eigenvalue weighted by Gasteiger charge is -2.22. The molecule has 0 aliphatic carbocycles. The number of rotatable bonds is 9. The Bertz CT molecular complexity index is 1880. The second kappa shape index (κ2) is 12.1. The van der Waals surface area contributed by atoms with Gasteiger partial charge in [0.25, 0.3) is 0 Å². The fourth-order valence-corrected chi connectivity index (χ4v) is 5.57. The van der Waals surface area contributed by atoms with Gasteiger partial charge in [0, 0.05) is 43.8 Å². The van der Waals surface area contributed by atoms with Gasteiger partial charge in [0.1, 0.15) is 29.9 Å². The first kappa shape index (κ1) is 29.3. The zero-order chi connectivity index (χ0) is 31.0. The summed E-state index contributed by atoms with van der Waals surface area (Å²) in [5.74, 6) is -2.25. The highest BCUT2D eigenvalue weighted by atomic mass is 19.1. The van der Waals surface area contributed by atoms with Crippen molar-refractivity contribution >= 4 is 17.0 Å². The van der Waals surface area contributed by atoms with Crippen molar-refractivity contribution in [1.29, 1.82) is 0 Å². The van der Waals surface area contributed by atoms with Crippen LogP contribution in [0.5, 0.6) is 5.88 Å². The zero-order valence-corrected chi connectivity index (χ0v) is 24.0. The molecule has 1 fully saturated rings. The van der Waals surface area contributed by atoms with Crippen molar-refractivity contribution in [3.8, 4) is 17.1 Å². The summed E-state index contributed by atoms with van der Waals surface area (Å²) in [7, 11) is 1.59. The van der Waals surface area contributed by atoms with Crippen molar-refractivity contribution < 1.29 is 32.5 Å².